The lowest BCUT2D eigenvalue weighted by molar-refractivity contribution is 0.0958. The maximum atomic E-state index is 11.6. The molecule has 1 aromatic rings. The van der Waals surface area contributed by atoms with Crippen LogP contribution in [0.5, 0.6) is 0 Å². The summed E-state index contributed by atoms with van der Waals surface area (Å²) in [6, 6.07) is 5.76. The minimum atomic E-state index is -0.0374. The number of nitrogens with one attached hydrogen (secondary N) is 2. The number of halogens is 1. The quantitative estimate of drug-likeness (QED) is 0.791. The normalized spacial score (nSPS) is 12.0. The van der Waals surface area contributed by atoms with Gasteiger partial charge in [-0.25, -0.2) is 0 Å². The van der Waals surface area contributed by atoms with Gasteiger partial charge in [0.15, 0.2) is 0 Å². The van der Waals surface area contributed by atoms with Crippen LogP contribution in [-0.2, 0) is 6.42 Å². The number of amides is 1. The average molecular weight is 239 g/mol. The van der Waals surface area contributed by atoms with Crippen LogP contribution in [0.4, 0.5) is 5.69 Å². The summed E-state index contributed by atoms with van der Waals surface area (Å²) in [5.74, 6) is -0.0374. The molecule has 4 heteroatoms. The minimum Gasteiger partial charge on any atom is -0.384 e. The van der Waals surface area contributed by atoms with Crippen molar-refractivity contribution in [2.45, 2.75) is 6.42 Å². The van der Waals surface area contributed by atoms with Crippen LogP contribution >= 0.6 is 12.4 Å². The number of hydrogen-bond donors (Lipinski definition) is 2. The molecule has 1 aliphatic rings. The van der Waals surface area contributed by atoms with Crippen LogP contribution in [0, 0.1) is 0 Å². The van der Waals surface area contributed by atoms with Gasteiger partial charge < -0.3 is 10.6 Å². The number of carbonyl (C=O) groups excluding carboxylic acids is 1. The molecule has 0 unspecified atom stereocenters. The van der Waals surface area contributed by atoms with Crippen LogP contribution in [0.2, 0.25) is 0 Å². The molecule has 2 N–H and O–H groups in total. The molecule has 0 saturated carbocycles. The first-order valence-corrected chi connectivity index (χ1v) is 5.07. The number of carbonyl (C=O) groups is 1. The molecule has 0 spiro atoms. The van der Waals surface area contributed by atoms with E-state index in [0.29, 0.717) is 6.54 Å². The summed E-state index contributed by atoms with van der Waals surface area (Å²) in [7, 11) is 0. The lowest BCUT2D eigenvalue weighted by Gasteiger charge is -2.04. The summed E-state index contributed by atoms with van der Waals surface area (Å²) in [6.07, 6.45) is 2.67. The first-order valence-electron chi connectivity index (χ1n) is 5.07. The molecule has 86 valence electrons. The molecular formula is C12H15ClN2O. The maximum absolute atomic E-state index is 11.6. The fourth-order valence-electron chi connectivity index (χ4n) is 1.71. The van der Waals surface area contributed by atoms with Gasteiger partial charge >= 0.3 is 0 Å². The highest BCUT2D eigenvalue weighted by molar-refractivity contribution is 5.95. The van der Waals surface area contributed by atoms with Gasteiger partial charge in [-0.1, -0.05) is 6.08 Å². The van der Waals surface area contributed by atoms with Crippen molar-refractivity contribution >= 4 is 24.0 Å². The molecule has 0 bridgehead atoms. The molecule has 1 heterocycles. The summed E-state index contributed by atoms with van der Waals surface area (Å²) >= 11 is 0. The number of anilines is 1. The van der Waals surface area contributed by atoms with E-state index >= 15 is 0 Å². The third-order valence-electron chi connectivity index (χ3n) is 2.48. The number of hydrogen-bond acceptors (Lipinski definition) is 2. The predicted octanol–water partition coefficient (Wildman–Crippen LogP) is 1.99. The molecule has 1 aromatic carbocycles. The fraction of sp³-hybridized carbons (Fsp3) is 0.250. The zero-order valence-electron chi connectivity index (χ0n) is 8.95. The third-order valence-corrected chi connectivity index (χ3v) is 2.48. The van der Waals surface area contributed by atoms with E-state index in [1.807, 2.05) is 18.2 Å². The number of rotatable bonds is 3. The van der Waals surface area contributed by atoms with Crippen LogP contribution < -0.4 is 10.6 Å². The Morgan fingerprint density at radius 3 is 3.12 bits per heavy atom. The van der Waals surface area contributed by atoms with Crippen LogP contribution in [0.1, 0.15) is 15.9 Å². The number of benzene rings is 1. The highest BCUT2D eigenvalue weighted by Gasteiger charge is 2.12. The Kier molecular flexibility index (Phi) is 4.38. The van der Waals surface area contributed by atoms with Crippen LogP contribution in [-0.4, -0.2) is 19.0 Å². The van der Waals surface area contributed by atoms with Crippen molar-refractivity contribution in [2.75, 3.05) is 18.4 Å². The van der Waals surface area contributed by atoms with Gasteiger partial charge in [-0.05, 0) is 30.2 Å². The summed E-state index contributed by atoms with van der Waals surface area (Å²) < 4.78 is 0. The lowest BCUT2D eigenvalue weighted by Crippen LogP contribution is -2.23. The van der Waals surface area contributed by atoms with Crippen molar-refractivity contribution < 1.29 is 4.79 Å². The van der Waals surface area contributed by atoms with Gasteiger partial charge in [0.1, 0.15) is 0 Å². The van der Waals surface area contributed by atoms with Gasteiger partial charge in [0.25, 0.3) is 5.91 Å². The van der Waals surface area contributed by atoms with Crippen molar-refractivity contribution in [2.24, 2.45) is 0 Å². The zero-order chi connectivity index (χ0) is 10.7. The largest absolute Gasteiger partial charge is 0.384 e. The minimum absolute atomic E-state index is 0. The van der Waals surface area contributed by atoms with Gasteiger partial charge in [0.2, 0.25) is 0 Å². The molecule has 0 atom stereocenters. The Balaban J connectivity index is 0.00000128. The van der Waals surface area contributed by atoms with Crippen LogP contribution in [0.15, 0.2) is 30.9 Å². The molecule has 1 aliphatic heterocycles. The second-order valence-electron chi connectivity index (χ2n) is 3.55. The summed E-state index contributed by atoms with van der Waals surface area (Å²) in [6.45, 7) is 5.03. The van der Waals surface area contributed by atoms with E-state index in [9.17, 15) is 4.79 Å². The Hall–Kier alpha value is -1.48. The van der Waals surface area contributed by atoms with E-state index in [2.05, 4.69) is 17.2 Å². The highest BCUT2D eigenvalue weighted by Crippen LogP contribution is 2.22. The van der Waals surface area contributed by atoms with E-state index in [4.69, 9.17) is 0 Å². The van der Waals surface area contributed by atoms with Gasteiger partial charge in [-0.15, -0.1) is 19.0 Å². The fourth-order valence-corrected chi connectivity index (χ4v) is 1.71. The van der Waals surface area contributed by atoms with Crippen molar-refractivity contribution in [1.29, 1.82) is 0 Å². The third kappa shape index (κ3) is 2.55. The van der Waals surface area contributed by atoms with Crippen molar-refractivity contribution in [3.63, 3.8) is 0 Å². The van der Waals surface area contributed by atoms with Gasteiger partial charge in [0.05, 0.1) is 0 Å². The Bertz CT molecular complexity index is 404. The average Bonchev–Trinajstić information content (AvgIpc) is 2.72. The van der Waals surface area contributed by atoms with Crippen LogP contribution in [0.25, 0.3) is 0 Å². The SMILES string of the molecule is C=CCNC(=O)c1ccc2c(c1)CCN2.Cl. The van der Waals surface area contributed by atoms with Gasteiger partial charge in [-0.3, -0.25) is 4.79 Å². The van der Waals surface area contributed by atoms with Crippen molar-refractivity contribution in [3.05, 3.63) is 42.0 Å². The molecule has 2 rings (SSSR count). The Morgan fingerprint density at radius 1 is 1.56 bits per heavy atom. The molecule has 1 amide bonds. The second kappa shape index (κ2) is 5.56. The first-order chi connectivity index (χ1) is 7.31. The van der Waals surface area contributed by atoms with E-state index in [0.717, 1.165) is 24.2 Å². The predicted molar refractivity (Wildman–Crippen MR) is 68.4 cm³/mol. The molecular weight excluding hydrogens is 224 g/mol. The molecule has 3 nitrogen and oxygen atoms in total. The lowest BCUT2D eigenvalue weighted by atomic mass is 10.1. The molecule has 16 heavy (non-hydrogen) atoms. The van der Waals surface area contributed by atoms with E-state index in [1.54, 1.807) is 6.08 Å². The summed E-state index contributed by atoms with van der Waals surface area (Å²) in [5.41, 5.74) is 3.09. The molecule has 0 fully saturated rings. The van der Waals surface area contributed by atoms with Gasteiger partial charge in [-0.2, -0.15) is 0 Å². The monoisotopic (exact) mass is 238 g/mol. The van der Waals surface area contributed by atoms with Crippen molar-refractivity contribution in [1.82, 2.24) is 5.32 Å². The van der Waals surface area contributed by atoms with Crippen molar-refractivity contribution in [3.8, 4) is 0 Å². The highest BCUT2D eigenvalue weighted by atomic mass is 35.5. The molecule has 0 aliphatic carbocycles. The van der Waals surface area contributed by atoms with Crippen LogP contribution in [0.3, 0.4) is 0 Å². The summed E-state index contributed by atoms with van der Waals surface area (Å²) in [4.78, 5) is 11.6. The first kappa shape index (κ1) is 12.6. The maximum Gasteiger partial charge on any atom is 0.251 e. The molecule has 0 aromatic heterocycles. The topological polar surface area (TPSA) is 41.1 Å². The standard InChI is InChI=1S/C12H14N2O.ClH/c1-2-6-14-12(15)10-3-4-11-9(8-10)5-7-13-11;/h2-4,8,13H,1,5-7H2,(H,14,15);1H. The Labute approximate surface area is 101 Å². The van der Waals surface area contributed by atoms with E-state index in [1.165, 1.54) is 5.56 Å². The summed E-state index contributed by atoms with van der Waals surface area (Å²) in [5, 5.41) is 6.02. The second-order valence-corrected chi connectivity index (χ2v) is 3.55. The van der Waals surface area contributed by atoms with E-state index < -0.39 is 0 Å². The van der Waals surface area contributed by atoms with E-state index in [-0.39, 0.29) is 18.3 Å². The smallest absolute Gasteiger partial charge is 0.251 e. The zero-order valence-corrected chi connectivity index (χ0v) is 9.77. The Morgan fingerprint density at radius 2 is 2.38 bits per heavy atom. The van der Waals surface area contributed by atoms with Gasteiger partial charge in [0, 0.05) is 24.3 Å². The molecule has 0 radical (unpaired) electrons. The number of fused-ring (bicyclic) bond motifs is 1. The molecule has 0 saturated heterocycles.